The lowest BCUT2D eigenvalue weighted by molar-refractivity contribution is 0.0960. The summed E-state index contributed by atoms with van der Waals surface area (Å²) in [5, 5.41) is 9.61. The van der Waals surface area contributed by atoms with E-state index in [-0.39, 0.29) is 0 Å². The van der Waals surface area contributed by atoms with Crippen LogP contribution in [-0.2, 0) is 5.54 Å². The molecule has 3 nitrogen and oxygen atoms in total. The summed E-state index contributed by atoms with van der Waals surface area (Å²) in [7, 11) is 0. The molecular formula is C17H23N3. The van der Waals surface area contributed by atoms with Crippen LogP contribution in [0, 0.1) is 17.2 Å². The first-order valence-electron chi connectivity index (χ1n) is 7.73. The maximum absolute atomic E-state index is 9.61. The van der Waals surface area contributed by atoms with Gasteiger partial charge < -0.3 is 5.73 Å². The Balaban J connectivity index is 1.79. The zero-order valence-corrected chi connectivity index (χ0v) is 12.0. The summed E-state index contributed by atoms with van der Waals surface area (Å²) in [4.78, 5) is 2.48. The van der Waals surface area contributed by atoms with Crippen LogP contribution in [0.2, 0.25) is 0 Å². The van der Waals surface area contributed by atoms with Gasteiger partial charge in [0.25, 0.3) is 0 Å². The van der Waals surface area contributed by atoms with Gasteiger partial charge in [0.1, 0.15) is 5.54 Å². The molecule has 1 aromatic rings. The van der Waals surface area contributed by atoms with Gasteiger partial charge in [-0.25, -0.2) is 0 Å². The third kappa shape index (κ3) is 2.46. The van der Waals surface area contributed by atoms with Crippen LogP contribution >= 0.6 is 0 Å². The van der Waals surface area contributed by atoms with Crippen molar-refractivity contribution in [3.05, 3.63) is 35.9 Å². The van der Waals surface area contributed by atoms with Gasteiger partial charge in [0.15, 0.2) is 0 Å². The first-order valence-corrected chi connectivity index (χ1v) is 7.73. The van der Waals surface area contributed by atoms with E-state index in [0.29, 0.717) is 12.6 Å². The average molecular weight is 269 g/mol. The second kappa shape index (κ2) is 5.55. The number of benzene rings is 1. The van der Waals surface area contributed by atoms with Gasteiger partial charge in [-0.1, -0.05) is 36.8 Å². The molecule has 0 radical (unpaired) electrons. The maximum atomic E-state index is 9.61. The highest BCUT2D eigenvalue weighted by Crippen LogP contribution is 2.37. The second-order valence-corrected chi connectivity index (χ2v) is 6.32. The van der Waals surface area contributed by atoms with E-state index >= 15 is 0 Å². The van der Waals surface area contributed by atoms with Crippen molar-refractivity contribution in [2.24, 2.45) is 11.7 Å². The topological polar surface area (TPSA) is 53.1 Å². The van der Waals surface area contributed by atoms with E-state index in [2.05, 4.69) is 11.0 Å². The molecule has 1 saturated carbocycles. The van der Waals surface area contributed by atoms with Gasteiger partial charge in [-0.05, 0) is 43.7 Å². The highest BCUT2D eigenvalue weighted by Gasteiger charge is 2.39. The van der Waals surface area contributed by atoms with E-state index in [4.69, 9.17) is 5.73 Å². The first kappa shape index (κ1) is 13.6. The van der Waals surface area contributed by atoms with E-state index in [1.54, 1.807) is 0 Å². The van der Waals surface area contributed by atoms with Crippen molar-refractivity contribution < 1.29 is 0 Å². The molecule has 1 saturated heterocycles. The standard InChI is InChI=1S/C17H23N3/c18-12-17(19,15-8-2-1-3-9-15)13-20-11-5-7-14-6-4-10-16(14)20/h1-3,8-9,14,16H,4-7,10-11,13,19H2. The van der Waals surface area contributed by atoms with Crippen molar-refractivity contribution in [1.29, 1.82) is 5.26 Å². The fourth-order valence-electron chi connectivity index (χ4n) is 4.00. The molecule has 3 unspecified atom stereocenters. The normalized spacial score (nSPS) is 29.4. The van der Waals surface area contributed by atoms with Gasteiger partial charge in [0, 0.05) is 12.6 Å². The van der Waals surface area contributed by atoms with Gasteiger partial charge in [0.05, 0.1) is 6.07 Å². The number of nitrogens with two attached hydrogens (primary N) is 1. The fourth-order valence-corrected chi connectivity index (χ4v) is 4.00. The summed E-state index contributed by atoms with van der Waals surface area (Å²) in [5.74, 6) is 0.836. The molecule has 3 heteroatoms. The molecule has 1 aliphatic heterocycles. The molecule has 2 N–H and O–H groups in total. The average Bonchev–Trinajstić information content (AvgIpc) is 2.98. The minimum absolute atomic E-state index is 0.656. The second-order valence-electron chi connectivity index (χ2n) is 6.32. The van der Waals surface area contributed by atoms with E-state index in [1.165, 1.54) is 32.1 Å². The van der Waals surface area contributed by atoms with E-state index in [1.807, 2.05) is 30.3 Å². The summed E-state index contributed by atoms with van der Waals surface area (Å²) in [5.41, 5.74) is 6.48. The summed E-state index contributed by atoms with van der Waals surface area (Å²) in [6.07, 6.45) is 6.58. The number of piperidine rings is 1. The third-order valence-electron chi connectivity index (χ3n) is 5.05. The van der Waals surface area contributed by atoms with Crippen LogP contribution in [0.25, 0.3) is 0 Å². The predicted octanol–water partition coefficient (Wildman–Crippen LogP) is 2.63. The number of hydrogen-bond acceptors (Lipinski definition) is 3. The molecule has 2 aliphatic rings. The van der Waals surface area contributed by atoms with Crippen molar-refractivity contribution in [2.45, 2.75) is 43.7 Å². The predicted molar refractivity (Wildman–Crippen MR) is 79.9 cm³/mol. The lowest BCUT2D eigenvalue weighted by Crippen LogP contribution is -2.52. The molecule has 3 atom stereocenters. The van der Waals surface area contributed by atoms with Gasteiger partial charge >= 0.3 is 0 Å². The minimum atomic E-state index is -0.883. The zero-order valence-electron chi connectivity index (χ0n) is 12.0. The van der Waals surface area contributed by atoms with Crippen molar-refractivity contribution >= 4 is 0 Å². The summed E-state index contributed by atoms with van der Waals surface area (Å²) in [6.45, 7) is 1.75. The van der Waals surface area contributed by atoms with Crippen LogP contribution in [0.1, 0.15) is 37.7 Å². The molecule has 0 aromatic heterocycles. The molecule has 1 heterocycles. The van der Waals surface area contributed by atoms with Crippen LogP contribution < -0.4 is 5.73 Å². The van der Waals surface area contributed by atoms with Crippen LogP contribution in [-0.4, -0.2) is 24.0 Å². The van der Waals surface area contributed by atoms with E-state index in [9.17, 15) is 5.26 Å². The molecule has 0 bridgehead atoms. The largest absolute Gasteiger partial charge is 0.309 e. The zero-order chi connectivity index (χ0) is 14.0. The molecule has 0 amide bonds. The first-order chi connectivity index (χ1) is 9.73. The molecule has 3 rings (SSSR count). The number of nitrogens with zero attached hydrogens (tertiary/aromatic N) is 2. The molecule has 106 valence electrons. The van der Waals surface area contributed by atoms with Gasteiger partial charge in [0.2, 0.25) is 0 Å². The Bertz CT molecular complexity index is 493. The van der Waals surface area contributed by atoms with Gasteiger partial charge in [-0.15, -0.1) is 0 Å². The Kier molecular flexibility index (Phi) is 3.78. The number of likely N-dealkylation sites (tertiary alicyclic amines) is 1. The molecule has 2 fully saturated rings. The highest BCUT2D eigenvalue weighted by atomic mass is 15.2. The Morgan fingerprint density at radius 3 is 2.70 bits per heavy atom. The Hall–Kier alpha value is -1.37. The lowest BCUT2D eigenvalue weighted by atomic mass is 9.87. The Morgan fingerprint density at radius 1 is 1.20 bits per heavy atom. The summed E-state index contributed by atoms with van der Waals surface area (Å²) < 4.78 is 0. The Morgan fingerprint density at radius 2 is 1.95 bits per heavy atom. The van der Waals surface area contributed by atoms with Crippen LogP contribution in [0.3, 0.4) is 0 Å². The summed E-state index contributed by atoms with van der Waals surface area (Å²) in [6, 6.07) is 12.8. The quantitative estimate of drug-likeness (QED) is 0.917. The van der Waals surface area contributed by atoms with Crippen LogP contribution in [0.4, 0.5) is 0 Å². The number of hydrogen-bond donors (Lipinski definition) is 1. The van der Waals surface area contributed by atoms with Crippen molar-refractivity contribution in [3.63, 3.8) is 0 Å². The molecule has 20 heavy (non-hydrogen) atoms. The van der Waals surface area contributed by atoms with Crippen molar-refractivity contribution in [3.8, 4) is 6.07 Å². The smallest absolute Gasteiger partial charge is 0.142 e. The molecule has 1 aliphatic carbocycles. The SMILES string of the molecule is N#CC(N)(CN1CCCC2CCCC21)c1ccccc1. The number of fused-ring (bicyclic) bond motifs is 1. The monoisotopic (exact) mass is 269 g/mol. The fraction of sp³-hybridized carbons (Fsp3) is 0.588. The van der Waals surface area contributed by atoms with E-state index in [0.717, 1.165) is 18.0 Å². The van der Waals surface area contributed by atoms with Gasteiger partial charge in [-0.3, -0.25) is 4.90 Å². The van der Waals surface area contributed by atoms with Crippen LogP contribution in [0.5, 0.6) is 0 Å². The lowest BCUT2D eigenvalue weighted by Gasteiger charge is -2.41. The summed E-state index contributed by atoms with van der Waals surface area (Å²) >= 11 is 0. The Labute approximate surface area is 121 Å². The molecule has 0 spiro atoms. The molecule has 1 aromatic carbocycles. The van der Waals surface area contributed by atoms with E-state index < -0.39 is 5.54 Å². The number of rotatable bonds is 3. The third-order valence-corrected chi connectivity index (χ3v) is 5.05. The van der Waals surface area contributed by atoms with Crippen molar-refractivity contribution in [1.82, 2.24) is 4.90 Å². The number of nitriles is 1. The van der Waals surface area contributed by atoms with Crippen molar-refractivity contribution in [2.75, 3.05) is 13.1 Å². The minimum Gasteiger partial charge on any atom is -0.309 e. The maximum Gasteiger partial charge on any atom is 0.142 e. The van der Waals surface area contributed by atoms with Crippen LogP contribution in [0.15, 0.2) is 30.3 Å². The molecular weight excluding hydrogens is 246 g/mol. The van der Waals surface area contributed by atoms with Gasteiger partial charge in [-0.2, -0.15) is 5.26 Å². The highest BCUT2D eigenvalue weighted by molar-refractivity contribution is 5.31.